The van der Waals surface area contributed by atoms with Crippen LogP contribution in [0.25, 0.3) is 21.9 Å². The second-order valence-corrected chi connectivity index (χ2v) is 9.54. The zero-order valence-corrected chi connectivity index (χ0v) is 17.3. The Bertz CT molecular complexity index is 1240. The van der Waals surface area contributed by atoms with E-state index < -0.39 is 33.7 Å². The number of methoxy groups -OCH3 is 1. The van der Waals surface area contributed by atoms with Crippen LogP contribution in [0.2, 0.25) is 0 Å². The van der Waals surface area contributed by atoms with Gasteiger partial charge in [-0.1, -0.05) is 18.2 Å². The molecule has 30 heavy (non-hydrogen) atoms. The molecule has 1 aromatic heterocycles. The molecule has 2 atom stereocenters. The van der Waals surface area contributed by atoms with Gasteiger partial charge >= 0.3 is 5.97 Å². The fourth-order valence-electron chi connectivity index (χ4n) is 3.56. The summed E-state index contributed by atoms with van der Waals surface area (Å²) in [6.45, 7) is 1.43. The highest BCUT2D eigenvalue weighted by Crippen LogP contribution is 2.36. The van der Waals surface area contributed by atoms with Crippen molar-refractivity contribution in [2.24, 2.45) is 5.92 Å². The van der Waals surface area contributed by atoms with E-state index in [9.17, 15) is 18.0 Å². The van der Waals surface area contributed by atoms with E-state index in [1.807, 2.05) is 24.3 Å². The number of anilines is 1. The van der Waals surface area contributed by atoms with Crippen LogP contribution in [0.1, 0.15) is 13.3 Å². The third-order valence-electron chi connectivity index (χ3n) is 5.18. The summed E-state index contributed by atoms with van der Waals surface area (Å²) in [6.07, 6.45) is -0.886. The van der Waals surface area contributed by atoms with Gasteiger partial charge in [-0.05, 0) is 25.5 Å². The molecule has 9 heteroatoms. The van der Waals surface area contributed by atoms with Crippen molar-refractivity contribution in [3.8, 4) is 5.75 Å². The maximum Gasteiger partial charge on any atom is 0.310 e. The Kier molecular flexibility index (Phi) is 5.15. The van der Waals surface area contributed by atoms with E-state index in [0.717, 1.165) is 10.8 Å². The average Bonchev–Trinajstić information content (AvgIpc) is 3.26. The van der Waals surface area contributed by atoms with E-state index >= 15 is 0 Å². The number of esters is 1. The van der Waals surface area contributed by atoms with Gasteiger partial charge in [0.25, 0.3) is 5.91 Å². The highest BCUT2D eigenvalue weighted by Gasteiger charge is 2.35. The summed E-state index contributed by atoms with van der Waals surface area (Å²) < 4.78 is 39.5. The molecule has 8 nitrogen and oxygen atoms in total. The summed E-state index contributed by atoms with van der Waals surface area (Å²) >= 11 is 0. The van der Waals surface area contributed by atoms with E-state index in [1.165, 1.54) is 14.0 Å². The number of carbonyl (C=O) groups excluding carboxylic acids is 2. The third-order valence-corrected chi connectivity index (χ3v) is 6.95. The lowest BCUT2D eigenvalue weighted by atomic mass is 10.1. The SMILES string of the molecule is COc1cc2c(cc1NC(=O)[C@@H](C)OC(=O)[C@@H]1CCS(=O)(=O)C1)oc1ccccc12. The Morgan fingerprint density at radius 2 is 1.93 bits per heavy atom. The molecule has 0 radical (unpaired) electrons. The molecule has 0 bridgehead atoms. The standard InChI is InChI=1S/C21H21NO7S/c1-12(28-21(24)13-7-8-30(25,26)11-13)20(23)22-16-10-18-15(9-19(16)27-2)14-5-3-4-6-17(14)29-18/h3-6,9-10,12-13H,7-8,11H2,1-2H3,(H,22,23)/t12-,13-/m1/s1. The van der Waals surface area contributed by atoms with Crippen molar-refractivity contribution in [3.63, 3.8) is 0 Å². The van der Waals surface area contributed by atoms with Gasteiger partial charge in [-0.2, -0.15) is 0 Å². The van der Waals surface area contributed by atoms with Crippen molar-refractivity contribution in [2.75, 3.05) is 23.9 Å². The minimum Gasteiger partial charge on any atom is -0.495 e. The molecule has 0 spiro atoms. The lowest BCUT2D eigenvalue weighted by Crippen LogP contribution is -2.32. The lowest BCUT2D eigenvalue weighted by molar-refractivity contribution is -0.156. The minimum absolute atomic E-state index is 0.0396. The van der Waals surface area contributed by atoms with Crippen molar-refractivity contribution >= 4 is 49.3 Å². The van der Waals surface area contributed by atoms with E-state index in [1.54, 1.807) is 12.1 Å². The summed E-state index contributed by atoms with van der Waals surface area (Å²) in [7, 11) is -1.73. The van der Waals surface area contributed by atoms with Gasteiger partial charge in [-0.15, -0.1) is 0 Å². The first-order valence-corrected chi connectivity index (χ1v) is 11.3. The van der Waals surface area contributed by atoms with Crippen LogP contribution in [-0.2, 0) is 24.2 Å². The molecule has 1 aliphatic rings. The summed E-state index contributed by atoms with van der Waals surface area (Å²) in [5.41, 5.74) is 1.67. The normalized spacial score (nSPS) is 18.9. The first-order valence-electron chi connectivity index (χ1n) is 9.48. The number of hydrogen-bond donors (Lipinski definition) is 1. The van der Waals surface area contributed by atoms with Crippen LogP contribution in [0.5, 0.6) is 5.75 Å². The molecular weight excluding hydrogens is 410 g/mol. The zero-order chi connectivity index (χ0) is 21.5. The Morgan fingerprint density at radius 1 is 1.17 bits per heavy atom. The largest absolute Gasteiger partial charge is 0.495 e. The van der Waals surface area contributed by atoms with Gasteiger partial charge in [-0.25, -0.2) is 8.42 Å². The summed E-state index contributed by atoms with van der Waals surface area (Å²) in [5.74, 6) is -1.82. The zero-order valence-electron chi connectivity index (χ0n) is 16.5. The van der Waals surface area contributed by atoms with Crippen LogP contribution in [0.15, 0.2) is 40.8 Å². The van der Waals surface area contributed by atoms with E-state index in [-0.39, 0.29) is 17.9 Å². The third kappa shape index (κ3) is 3.85. The van der Waals surface area contributed by atoms with Crippen LogP contribution in [-0.4, -0.2) is 45.0 Å². The van der Waals surface area contributed by atoms with Crippen LogP contribution < -0.4 is 10.1 Å². The monoisotopic (exact) mass is 431 g/mol. The topological polar surface area (TPSA) is 112 Å². The van der Waals surface area contributed by atoms with Crippen LogP contribution >= 0.6 is 0 Å². The molecule has 1 fully saturated rings. The molecular formula is C21H21NO7S. The maximum absolute atomic E-state index is 12.6. The maximum atomic E-state index is 12.6. The molecule has 1 aliphatic heterocycles. The van der Waals surface area contributed by atoms with Crippen LogP contribution in [0.4, 0.5) is 5.69 Å². The van der Waals surface area contributed by atoms with E-state index in [0.29, 0.717) is 22.6 Å². The van der Waals surface area contributed by atoms with Crippen molar-refractivity contribution in [3.05, 3.63) is 36.4 Å². The first-order chi connectivity index (χ1) is 14.3. The van der Waals surface area contributed by atoms with Crippen molar-refractivity contribution in [2.45, 2.75) is 19.4 Å². The molecule has 1 amide bonds. The second kappa shape index (κ2) is 7.64. The number of hydrogen-bond acceptors (Lipinski definition) is 7. The number of amides is 1. The molecule has 2 aromatic carbocycles. The van der Waals surface area contributed by atoms with Crippen molar-refractivity contribution in [1.29, 1.82) is 0 Å². The lowest BCUT2D eigenvalue weighted by Gasteiger charge is -2.16. The highest BCUT2D eigenvalue weighted by atomic mass is 32.2. The Balaban J connectivity index is 1.52. The van der Waals surface area contributed by atoms with Gasteiger partial charge in [0, 0.05) is 16.8 Å². The number of nitrogens with one attached hydrogen (secondary N) is 1. The fraction of sp³-hybridized carbons (Fsp3) is 0.333. The molecule has 0 unspecified atom stereocenters. The first kappa shape index (κ1) is 20.2. The number of sulfone groups is 1. The quantitative estimate of drug-likeness (QED) is 0.618. The number of ether oxygens (including phenoxy) is 2. The number of rotatable bonds is 5. The number of carbonyl (C=O) groups is 2. The fourth-order valence-corrected chi connectivity index (χ4v) is 5.28. The Labute approximate surface area is 173 Å². The number of fused-ring (bicyclic) bond motifs is 3. The average molecular weight is 431 g/mol. The Morgan fingerprint density at radius 3 is 2.63 bits per heavy atom. The van der Waals surface area contributed by atoms with Gasteiger partial charge in [0.2, 0.25) is 0 Å². The van der Waals surface area contributed by atoms with Gasteiger partial charge in [-0.3, -0.25) is 9.59 Å². The van der Waals surface area contributed by atoms with E-state index in [2.05, 4.69) is 5.32 Å². The second-order valence-electron chi connectivity index (χ2n) is 7.32. The van der Waals surface area contributed by atoms with E-state index in [4.69, 9.17) is 13.9 Å². The predicted octanol–water partition coefficient (Wildman–Crippen LogP) is 2.90. The van der Waals surface area contributed by atoms with Gasteiger partial charge < -0.3 is 19.2 Å². The van der Waals surface area contributed by atoms with Gasteiger partial charge in [0.05, 0.1) is 30.2 Å². The summed E-state index contributed by atoms with van der Waals surface area (Å²) in [6, 6.07) is 11.0. The minimum atomic E-state index is -3.21. The van der Waals surface area contributed by atoms with Gasteiger partial charge in [0.15, 0.2) is 15.9 Å². The molecule has 0 aliphatic carbocycles. The molecule has 4 rings (SSSR count). The molecule has 0 saturated carbocycles. The predicted molar refractivity (Wildman–Crippen MR) is 111 cm³/mol. The molecule has 2 heterocycles. The smallest absolute Gasteiger partial charge is 0.310 e. The summed E-state index contributed by atoms with van der Waals surface area (Å²) in [5, 5.41) is 4.47. The van der Waals surface area contributed by atoms with Crippen molar-refractivity contribution < 1.29 is 31.9 Å². The molecule has 1 saturated heterocycles. The molecule has 158 valence electrons. The summed E-state index contributed by atoms with van der Waals surface area (Å²) in [4.78, 5) is 24.8. The van der Waals surface area contributed by atoms with Crippen molar-refractivity contribution in [1.82, 2.24) is 0 Å². The highest BCUT2D eigenvalue weighted by molar-refractivity contribution is 7.91. The number of furan rings is 1. The van der Waals surface area contributed by atoms with Crippen LogP contribution in [0.3, 0.4) is 0 Å². The molecule has 3 aromatic rings. The number of para-hydroxylation sites is 1. The van der Waals surface area contributed by atoms with Crippen LogP contribution in [0, 0.1) is 5.92 Å². The molecule has 1 N–H and O–H groups in total. The number of benzene rings is 2. The van der Waals surface area contributed by atoms with Gasteiger partial charge in [0.1, 0.15) is 16.9 Å². The Hall–Kier alpha value is -3.07.